The molecule has 0 spiro atoms. The molecular weight excluding hydrogens is 486 g/mol. The van der Waals surface area contributed by atoms with E-state index in [0.29, 0.717) is 63.0 Å². The predicted molar refractivity (Wildman–Crippen MR) is 137 cm³/mol. The van der Waals surface area contributed by atoms with Gasteiger partial charge >= 0.3 is 0 Å². The minimum Gasteiger partial charge on any atom is -0.491 e. The number of hydrogen-bond donors (Lipinski definition) is 1. The third-order valence-corrected chi connectivity index (χ3v) is 6.43. The number of methoxy groups -OCH3 is 1. The molecule has 0 radical (unpaired) electrons. The molecule has 5 rings (SSSR count). The van der Waals surface area contributed by atoms with Crippen LogP contribution < -0.4 is 20.1 Å². The summed E-state index contributed by atoms with van der Waals surface area (Å²) in [6, 6.07) is 2.50. The number of halogens is 2. The van der Waals surface area contributed by atoms with Crippen molar-refractivity contribution >= 4 is 22.7 Å². The minimum absolute atomic E-state index is 0.0850. The van der Waals surface area contributed by atoms with Crippen molar-refractivity contribution in [2.24, 2.45) is 0 Å². The van der Waals surface area contributed by atoms with Crippen LogP contribution in [0.4, 0.5) is 20.4 Å². The van der Waals surface area contributed by atoms with Gasteiger partial charge in [0.15, 0.2) is 17.3 Å². The number of nitrogens with one attached hydrogen (secondary N) is 1. The Kier molecular flexibility index (Phi) is 8.93. The number of aromatic amines is 1. The molecule has 3 aromatic rings. The second-order valence-corrected chi connectivity index (χ2v) is 8.61. The van der Waals surface area contributed by atoms with Crippen LogP contribution >= 0.6 is 0 Å². The Balaban J connectivity index is 0.00000156. The maximum atomic E-state index is 14.8. The lowest BCUT2D eigenvalue weighted by atomic mass is 10.1. The SMILES string of the molecule is CC.COCCOc1cc(F)c(N2CCN(c3nc4c(cnn4C4CCOCC4)c(=O)[nH]3)CC2)c(F)c1. The van der Waals surface area contributed by atoms with E-state index in [2.05, 4.69) is 10.1 Å². The van der Waals surface area contributed by atoms with E-state index in [-0.39, 0.29) is 29.6 Å². The van der Waals surface area contributed by atoms with E-state index < -0.39 is 11.6 Å². The monoisotopic (exact) mass is 520 g/mol. The molecule has 4 heterocycles. The Bertz CT molecular complexity index is 1210. The van der Waals surface area contributed by atoms with Gasteiger partial charge in [-0.05, 0) is 12.8 Å². The van der Waals surface area contributed by atoms with Crippen molar-refractivity contribution in [1.29, 1.82) is 0 Å². The summed E-state index contributed by atoms with van der Waals surface area (Å²) in [5.74, 6) is -0.812. The maximum Gasteiger partial charge on any atom is 0.263 e. The average molecular weight is 521 g/mol. The molecule has 2 saturated heterocycles. The summed E-state index contributed by atoms with van der Waals surface area (Å²) in [5.41, 5.74) is 0.198. The third kappa shape index (κ3) is 5.85. The van der Waals surface area contributed by atoms with Gasteiger partial charge in [0, 0.05) is 58.6 Å². The number of anilines is 2. The van der Waals surface area contributed by atoms with E-state index >= 15 is 0 Å². The Morgan fingerprint density at radius 2 is 1.70 bits per heavy atom. The van der Waals surface area contributed by atoms with Gasteiger partial charge in [0.05, 0.1) is 18.8 Å². The molecule has 2 aromatic heterocycles. The lowest BCUT2D eigenvalue weighted by Gasteiger charge is -2.36. The molecule has 202 valence electrons. The van der Waals surface area contributed by atoms with Crippen LogP contribution in [0.15, 0.2) is 23.1 Å². The van der Waals surface area contributed by atoms with Crippen molar-refractivity contribution in [1.82, 2.24) is 19.7 Å². The smallest absolute Gasteiger partial charge is 0.263 e. The van der Waals surface area contributed by atoms with Crippen LogP contribution in [0.25, 0.3) is 11.0 Å². The minimum atomic E-state index is -0.681. The molecule has 2 aliphatic rings. The summed E-state index contributed by atoms with van der Waals surface area (Å²) < 4.78 is 47.0. The van der Waals surface area contributed by atoms with Gasteiger partial charge < -0.3 is 24.0 Å². The molecule has 0 amide bonds. The second-order valence-electron chi connectivity index (χ2n) is 8.61. The van der Waals surface area contributed by atoms with Crippen molar-refractivity contribution in [3.8, 4) is 5.75 Å². The summed E-state index contributed by atoms with van der Waals surface area (Å²) in [6.45, 7) is 7.42. The molecule has 0 aliphatic carbocycles. The zero-order valence-corrected chi connectivity index (χ0v) is 21.5. The number of fused-ring (bicyclic) bond motifs is 1. The van der Waals surface area contributed by atoms with E-state index in [1.807, 2.05) is 23.4 Å². The highest BCUT2D eigenvalue weighted by Gasteiger charge is 2.26. The summed E-state index contributed by atoms with van der Waals surface area (Å²) in [4.78, 5) is 23.8. The standard InChI is InChI=1S/C23H28F2N6O4.C2H6/c1-33-10-11-35-16-12-18(24)20(19(25)13-16)29-4-6-30(7-5-29)23-27-21-17(22(32)28-23)14-26-31(21)15-2-8-34-9-3-15;1-2/h12-15H,2-11H2,1H3,(H,27,28,32);1-2H3. The van der Waals surface area contributed by atoms with Gasteiger partial charge in [-0.2, -0.15) is 10.1 Å². The largest absolute Gasteiger partial charge is 0.491 e. The molecule has 0 saturated carbocycles. The Hall–Kier alpha value is -3.25. The maximum absolute atomic E-state index is 14.8. The molecule has 0 unspecified atom stereocenters. The van der Waals surface area contributed by atoms with Crippen molar-refractivity contribution in [3.05, 3.63) is 40.3 Å². The van der Waals surface area contributed by atoms with Gasteiger partial charge in [-0.3, -0.25) is 9.78 Å². The zero-order valence-electron chi connectivity index (χ0n) is 21.5. The molecule has 12 heteroatoms. The molecule has 1 aromatic carbocycles. The highest BCUT2D eigenvalue weighted by molar-refractivity contribution is 5.74. The molecule has 0 bridgehead atoms. The Labute approximate surface area is 214 Å². The summed E-state index contributed by atoms with van der Waals surface area (Å²) in [5, 5.41) is 4.86. The van der Waals surface area contributed by atoms with Gasteiger partial charge in [-0.1, -0.05) is 13.8 Å². The molecule has 1 N–H and O–H groups in total. The van der Waals surface area contributed by atoms with Gasteiger partial charge in [0.2, 0.25) is 5.95 Å². The Morgan fingerprint density at radius 3 is 2.35 bits per heavy atom. The van der Waals surface area contributed by atoms with E-state index in [4.69, 9.17) is 19.2 Å². The van der Waals surface area contributed by atoms with Crippen LogP contribution in [0.5, 0.6) is 5.75 Å². The fourth-order valence-electron chi connectivity index (χ4n) is 4.58. The molecule has 37 heavy (non-hydrogen) atoms. The third-order valence-electron chi connectivity index (χ3n) is 6.43. The number of nitrogens with zero attached hydrogens (tertiary/aromatic N) is 5. The van der Waals surface area contributed by atoms with E-state index in [1.54, 1.807) is 11.1 Å². The van der Waals surface area contributed by atoms with E-state index in [1.165, 1.54) is 19.2 Å². The van der Waals surface area contributed by atoms with Crippen molar-refractivity contribution in [3.63, 3.8) is 0 Å². The van der Waals surface area contributed by atoms with Crippen molar-refractivity contribution < 1.29 is 23.0 Å². The van der Waals surface area contributed by atoms with Crippen LogP contribution in [-0.2, 0) is 9.47 Å². The van der Waals surface area contributed by atoms with Crippen LogP contribution in [0, 0.1) is 11.6 Å². The highest BCUT2D eigenvalue weighted by atomic mass is 19.1. The summed E-state index contributed by atoms with van der Waals surface area (Å²) in [6.07, 6.45) is 3.17. The van der Waals surface area contributed by atoms with Gasteiger partial charge in [0.25, 0.3) is 5.56 Å². The van der Waals surface area contributed by atoms with Crippen LogP contribution in [0.1, 0.15) is 32.7 Å². The summed E-state index contributed by atoms with van der Waals surface area (Å²) >= 11 is 0. The van der Waals surface area contributed by atoms with Gasteiger partial charge in [-0.15, -0.1) is 0 Å². The van der Waals surface area contributed by atoms with Crippen molar-refractivity contribution in [2.45, 2.75) is 32.7 Å². The number of ether oxygens (including phenoxy) is 3. The zero-order chi connectivity index (χ0) is 26.4. The number of H-pyrrole nitrogens is 1. The van der Waals surface area contributed by atoms with Crippen LogP contribution in [0.2, 0.25) is 0 Å². The summed E-state index contributed by atoms with van der Waals surface area (Å²) in [7, 11) is 1.52. The lowest BCUT2D eigenvalue weighted by molar-refractivity contribution is 0.0673. The van der Waals surface area contributed by atoms with Crippen molar-refractivity contribution in [2.75, 3.05) is 69.5 Å². The first-order valence-corrected chi connectivity index (χ1v) is 12.7. The fraction of sp³-hybridized carbons (Fsp3) is 0.560. The Morgan fingerprint density at radius 1 is 1.05 bits per heavy atom. The first-order chi connectivity index (χ1) is 18.0. The quantitative estimate of drug-likeness (QED) is 0.475. The predicted octanol–water partition coefficient (Wildman–Crippen LogP) is 3.13. The number of aromatic nitrogens is 4. The van der Waals surface area contributed by atoms with Gasteiger partial charge in [-0.25, -0.2) is 13.5 Å². The van der Waals surface area contributed by atoms with Gasteiger partial charge in [0.1, 0.15) is 23.4 Å². The molecular formula is C25H34F2N6O4. The highest BCUT2D eigenvalue weighted by Crippen LogP contribution is 2.30. The first-order valence-electron chi connectivity index (χ1n) is 12.7. The second kappa shape index (κ2) is 12.3. The number of rotatable bonds is 7. The lowest BCUT2D eigenvalue weighted by Crippen LogP contribution is -2.48. The molecule has 2 aliphatic heterocycles. The molecule has 10 nitrogen and oxygen atoms in total. The normalized spacial score (nSPS) is 16.6. The topological polar surface area (TPSA) is 97.7 Å². The fourth-order valence-corrected chi connectivity index (χ4v) is 4.58. The average Bonchev–Trinajstić information content (AvgIpc) is 3.35. The van der Waals surface area contributed by atoms with Crippen LogP contribution in [0.3, 0.4) is 0 Å². The van der Waals surface area contributed by atoms with Crippen LogP contribution in [-0.4, -0.2) is 79.5 Å². The first kappa shape index (κ1) is 26.8. The number of hydrogen-bond acceptors (Lipinski definition) is 8. The number of benzene rings is 1. The van der Waals surface area contributed by atoms with E-state index in [9.17, 15) is 13.6 Å². The number of piperazine rings is 1. The molecule has 0 atom stereocenters. The molecule has 2 fully saturated rings. The van der Waals surface area contributed by atoms with E-state index in [0.717, 1.165) is 12.8 Å².